The predicted octanol–water partition coefficient (Wildman–Crippen LogP) is 1.72. The monoisotopic (exact) mass is 342 g/mol. The van der Waals surface area contributed by atoms with Crippen molar-refractivity contribution in [2.45, 2.75) is 13.3 Å². The van der Waals surface area contributed by atoms with Gasteiger partial charge in [-0.3, -0.25) is 4.79 Å². The summed E-state index contributed by atoms with van der Waals surface area (Å²) in [5, 5.41) is 4.32. The van der Waals surface area contributed by atoms with Gasteiger partial charge in [-0.1, -0.05) is 18.2 Å². The van der Waals surface area contributed by atoms with Gasteiger partial charge in [0.1, 0.15) is 0 Å². The van der Waals surface area contributed by atoms with Crippen LogP contribution in [0.25, 0.3) is 5.69 Å². The number of rotatable bonds is 4. The molecule has 7 heteroatoms. The van der Waals surface area contributed by atoms with Gasteiger partial charge in [0.15, 0.2) is 0 Å². The van der Waals surface area contributed by atoms with Crippen LogP contribution >= 0.6 is 0 Å². The summed E-state index contributed by atoms with van der Waals surface area (Å²) < 4.78 is 6.76. The Bertz CT molecular complexity index is 721. The van der Waals surface area contributed by atoms with Gasteiger partial charge in [-0.05, 0) is 24.6 Å². The highest BCUT2D eigenvalue weighted by atomic mass is 16.6. The normalized spacial score (nSPS) is 14.4. The van der Waals surface area contributed by atoms with Gasteiger partial charge < -0.3 is 14.5 Å². The number of benzene rings is 1. The molecule has 0 spiro atoms. The quantitative estimate of drug-likeness (QED) is 0.848. The molecular formula is C18H22N4O3. The molecule has 2 aromatic rings. The lowest BCUT2D eigenvalue weighted by Crippen LogP contribution is -2.51. The average Bonchev–Trinajstić information content (AvgIpc) is 3.11. The van der Waals surface area contributed by atoms with Crippen molar-refractivity contribution in [1.82, 2.24) is 19.6 Å². The van der Waals surface area contributed by atoms with E-state index in [-0.39, 0.29) is 12.0 Å². The van der Waals surface area contributed by atoms with Crippen molar-refractivity contribution in [2.75, 3.05) is 32.8 Å². The zero-order valence-corrected chi connectivity index (χ0v) is 14.3. The molecule has 2 amide bonds. The smallest absolute Gasteiger partial charge is 0.409 e. The maximum absolute atomic E-state index is 12.5. The highest BCUT2D eigenvalue weighted by Gasteiger charge is 2.24. The van der Waals surface area contributed by atoms with Crippen LogP contribution in [0.1, 0.15) is 12.5 Å². The topological polar surface area (TPSA) is 67.7 Å². The molecule has 2 heterocycles. The second-order valence-corrected chi connectivity index (χ2v) is 5.87. The third-order valence-electron chi connectivity index (χ3n) is 4.17. The van der Waals surface area contributed by atoms with Gasteiger partial charge in [-0.25, -0.2) is 9.48 Å². The summed E-state index contributed by atoms with van der Waals surface area (Å²) in [7, 11) is 0. The molecule has 1 aromatic heterocycles. The van der Waals surface area contributed by atoms with Gasteiger partial charge in [0.05, 0.1) is 24.9 Å². The van der Waals surface area contributed by atoms with Crippen LogP contribution in [0.5, 0.6) is 0 Å². The van der Waals surface area contributed by atoms with Crippen LogP contribution in [0, 0.1) is 0 Å². The molecule has 0 aliphatic carbocycles. The average molecular weight is 342 g/mol. The summed E-state index contributed by atoms with van der Waals surface area (Å²) in [6, 6.07) is 9.78. The third-order valence-corrected chi connectivity index (χ3v) is 4.17. The van der Waals surface area contributed by atoms with Crippen LogP contribution in [0.4, 0.5) is 4.79 Å². The summed E-state index contributed by atoms with van der Waals surface area (Å²) in [6.07, 6.45) is 3.60. The van der Waals surface area contributed by atoms with Crippen molar-refractivity contribution in [2.24, 2.45) is 0 Å². The van der Waals surface area contributed by atoms with E-state index in [1.54, 1.807) is 27.6 Å². The number of carbonyl (C=O) groups is 2. The standard InChI is InChI=1S/C18H22N4O3/c1-2-25-18(24)21-10-8-20(9-11-21)17(23)12-15-13-19-22(14-15)16-6-4-3-5-7-16/h3-7,13-14H,2,8-12H2,1H3. The molecule has 0 bridgehead atoms. The minimum Gasteiger partial charge on any atom is -0.450 e. The Morgan fingerprint density at radius 2 is 1.76 bits per heavy atom. The van der Waals surface area contributed by atoms with Crippen LogP contribution in [0.15, 0.2) is 42.7 Å². The van der Waals surface area contributed by atoms with E-state index in [0.29, 0.717) is 39.2 Å². The van der Waals surface area contributed by atoms with Crippen molar-refractivity contribution in [1.29, 1.82) is 0 Å². The number of para-hydroxylation sites is 1. The Balaban J connectivity index is 1.54. The lowest BCUT2D eigenvalue weighted by atomic mass is 10.2. The van der Waals surface area contributed by atoms with E-state index >= 15 is 0 Å². The van der Waals surface area contributed by atoms with E-state index in [1.165, 1.54) is 0 Å². The summed E-state index contributed by atoms with van der Waals surface area (Å²) in [6.45, 7) is 4.23. The Kier molecular flexibility index (Phi) is 5.33. The predicted molar refractivity (Wildman–Crippen MR) is 92.4 cm³/mol. The second-order valence-electron chi connectivity index (χ2n) is 5.87. The Morgan fingerprint density at radius 1 is 1.08 bits per heavy atom. The number of carbonyl (C=O) groups excluding carboxylic acids is 2. The number of nitrogens with zero attached hydrogens (tertiary/aromatic N) is 4. The first kappa shape index (κ1) is 17.0. The van der Waals surface area contributed by atoms with Crippen molar-refractivity contribution < 1.29 is 14.3 Å². The molecule has 0 atom stereocenters. The first-order valence-corrected chi connectivity index (χ1v) is 8.46. The molecule has 25 heavy (non-hydrogen) atoms. The van der Waals surface area contributed by atoms with E-state index in [9.17, 15) is 9.59 Å². The van der Waals surface area contributed by atoms with E-state index in [1.807, 2.05) is 36.5 Å². The Morgan fingerprint density at radius 3 is 2.44 bits per heavy atom. The SMILES string of the molecule is CCOC(=O)N1CCN(C(=O)Cc2cnn(-c3ccccc3)c2)CC1. The molecule has 132 valence electrons. The maximum atomic E-state index is 12.5. The first-order chi connectivity index (χ1) is 12.2. The fourth-order valence-electron chi connectivity index (χ4n) is 2.81. The van der Waals surface area contributed by atoms with Crippen LogP contribution in [-0.2, 0) is 16.0 Å². The summed E-state index contributed by atoms with van der Waals surface area (Å²) in [5.74, 6) is 0.0520. The molecule has 1 aromatic carbocycles. The number of piperazine rings is 1. The number of aromatic nitrogens is 2. The molecule has 1 saturated heterocycles. The van der Waals surface area contributed by atoms with Gasteiger partial charge >= 0.3 is 6.09 Å². The van der Waals surface area contributed by atoms with Crippen molar-refractivity contribution >= 4 is 12.0 Å². The molecule has 0 unspecified atom stereocenters. The largest absolute Gasteiger partial charge is 0.450 e. The fourth-order valence-corrected chi connectivity index (χ4v) is 2.81. The van der Waals surface area contributed by atoms with Gasteiger partial charge in [0.2, 0.25) is 5.91 Å². The lowest BCUT2D eigenvalue weighted by molar-refractivity contribution is -0.132. The van der Waals surface area contributed by atoms with Gasteiger partial charge in [-0.2, -0.15) is 5.10 Å². The van der Waals surface area contributed by atoms with Gasteiger partial charge in [0, 0.05) is 32.4 Å². The molecule has 3 rings (SSSR count). The van der Waals surface area contributed by atoms with Crippen LogP contribution in [0.3, 0.4) is 0 Å². The number of hydrogen-bond donors (Lipinski definition) is 0. The van der Waals surface area contributed by atoms with E-state index in [2.05, 4.69) is 5.10 Å². The second kappa shape index (κ2) is 7.83. The molecular weight excluding hydrogens is 320 g/mol. The first-order valence-electron chi connectivity index (χ1n) is 8.46. The summed E-state index contributed by atoms with van der Waals surface area (Å²) >= 11 is 0. The third kappa shape index (κ3) is 4.17. The number of amides is 2. The Hall–Kier alpha value is -2.83. The molecule has 1 fully saturated rings. The molecule has 1 aliphatic heterocycles. The Labute approximate surface area is 146 Å². The fraction of sp³-hybridized carbons (Fsp3) is 0.389. The van der Waals surface area contributed by atoms with Crippen molar-refractivity contribution in [3.05, 3.63) is 48.3 Å². The molecule has 0 N–H and O–H groups in total. The minimum atomic E-state index is -0.307. The zero-order valence-electron chi connectivity index (χ0n) is 14.3. The summed E-state index contributed by atoms with van der Waals surface area (Å²) in [5.41, 5.74) is 1.84. The lowest BCUT2D eigenvalue weighted by Gasteiger charge is -2.34. The van der Waals surface area contributed by atoms with Crippen LogP contribution in [-0.4, -0.2) is 64.4 Å². The molecule has 1 aliphatic rings. The molecule has 0 saturated carbocycles. The molecule has 7 nitrogen and oxygen atoms in total. The number of ether oxygens (including phenoxy) is 1. The van der Waals surface area contributed by atoms with E-state index in [4.69, 9.17) is 4.74 Å². The van der Waals surface area contributed by atoms with Crippen molar-refractivity contribution in [3.63, 3.8) is 0 Å². The molecule has 0 radical (unpaired) electrons. The maximum Gasteiger partial charge on any atom is 0.409 e. The minimum absolute atomic E-state index is 0.0520. The van der Waals surface area contributed by atoms with Gasteiger partial charge in [0.25, 0.3) is 0 Å². The zero-order chi connectivity index (χ0) is 17.6. The van der Waals surface area contributed by atoms with Crippen LogP contribution in [0.2, 0.25) is 0 Å². The van der Waals surface area contributed by atoms with E-state index < -0.39 is 0 Å². The van der Waals surface area contributed by atoms with E-state index in [0.717, 1.165) is 11.3 Å². The number of hydrogen-bond acceptors (Lipinski definition) is 4. The van der Waals surface area contributed by atoms with Crippen molar-refractivity contribution in [3.8, 4) is 5.69 Å². The summed E-state index contributed by atoms with van der Waals surface area (Å²) in [4.78, 5) is 27.6. The highest BCUT2D eigenvalue weighted by molar-refractivity contribution is 5.79. The van der Waals surface area contributed by atoms with Gasteiger partial charge in [-0.15, -0.1) is 0 Å². The highest BCUT2D eigenvalue weighted by Crippen LogP contribution is 2.11. The van der Waals surface area contributed by atoms with Crippen LogP contribution < -0.4 is 0 Å².